The van der Waals surface area contributed by atoms with Crippen LogP contribution in [-0.2, 0) is 19.2 Å². The molecule has 5 unspecified atom stereocenters. The van der Waals surface area contributed by atoms with Crippen LogP contribution < -0.4 is 21.7 Å². The molecule has 0 fully saturated rings. The van der Waals surface area contributed by atoms with E-state index in [-0.39, 0.29) is 11.5 Å². The number of amides is 3. The Kier molecular flexibility index (Phi) is 11.2. The number of aliphatic carboxylic acids is 1. The van der Waals surface area contributed by atoms with Crippen molar-refractivity contribution in [1.29, 1.82) is 0 Å². The zero-order valence-corrected chi connectivity index (χ0v) is 15.7. The van der Waals surface area contributed by atoms with Crippen molar-refractivity contribution in [2.75, 3.05) is 18.1 Å². The van der Waals surface area contributed by atoms with Gasteiger partial charge in [0, 0.05) is 11.5 Å². The lowest BCUT2D eigenvalue weighted by atomic mass is 10.1. The molecule has 0 aliphatic heterocycles. The third-order valence-corrected chi connectivity index (χ3v) is 3.94. The summed E-state index contributed by atoms with van der Waals surface area (Å²) in [6, 6.07) is -5.16. The first-order valence-corrected chi connectivity index (χ1v) is 8.75. The lowest BCUT2D eigenvalue weighted by Gasteiger charge is -2.24. The van der Waals surface area contributed by atoms with Gasteiger partial charge in [-0.15, -0.1) is 0 Å². The smallest absolute Gasteiger partial charge is 0.328 e. The molecule has 0 aromatic rings. The SMILES string of the molecule is CC(O)C(NC(=O)C(CS)NC(=O)C(CS)NC(=O)C(N)CO)C(=O)O. The number of thiol groups is 2. The van der Waals surface area contributed by atoms with Crippen molar-refractivity contribution in [3.63, 3.8) is 0 Å². The van der Waals surface area contributed by atoms with Crippen LogP contribution in [-0.4, -0.2) is 87.4 Å². The highest BCUT2D eigenvalue weighted by Gasteiger charge is 2.30. The van der Waals surface area contributed by atoms with Gasteiger partial charge in [0.25, 0.3) is 0 Å². The molecule has 0 aromatic heterocycles. The number of hydrogen-bond acceptors (Lipinski definition) is 9. The maximum absolute atomic E-state index is 12.2. The van der Waals surface area contributed by atoms with E-state index in [1.54, 1.807) is 0 Å². The fraction of sp³-hybridized carbons (Fsp3) is 0.692. The molecule has 0 aliphatic carbocycles. The van der Waals surface area contributed by atoms with Gasteiger partial charge in [0.15, 0.2) is 6.04 Å². The van der Waals surface area contributed by atoms with E-state index in [1.165, 1.54) is 6.92 Å². The van der Waals surface area contributed by atoms with Crippen LogP contribution in [0.1, 0.15) is 6.92 Å². The quantitative estimate of drug-likeness (QED) is 0.154. The van der Waals surface area contributed by atoms with Crippen LogP contribution in [0.15, 0.2) is 0 Å². The monoisotopic (exact) mass is 412 g/mol. The normalized spacial score (nSPS) is 16.5. The van der Waals surface area contributed by atoms with Gasteiger partial charge >= 0.3 is 5.97 Å². The minimum Gasteiger partial charge on any atom is -0.480 e. The van der Waals surface area contributed by atoms with E-state index in [0.29, 0.717) is 0 Å². The number of carboxylic acids is 1. The summed E-state index contributed by atoms with van der Waals surface area (Å²) in [5, 5.41) is 33.8. The summed E-state index contributed by atoms with van der Waals surface area (Å²) in [6.07, 6.45) is -1.36. The second-order valence-electron chi connectivity index (χ2n) is 5.34. The molecule has 0 heterocycles. The maximum atomic E-state index is 12.2. The van der Waals surface area contributed by atoms with Crippen molar-refractivity contribution in [2.24, 2.45) is 5.73 Å². The summed E-state index contributed by atoms with van der Waals surface area (Å²) < 4.78 is 0. The van der Waals surface area contributed by atoms with Crippen LogP contribution >= 0.6 is 25.3 Å². The molecule has 5 atom stereocenters. The van der Waals surface area contributed by atoms with Gasteiger partial charge in [0.1, 0.15) is 18.1 Å². The summed E-state index contributed by atoms with van der Waals surface area (Å²) in [4.78, 5) is 46.9. The number of carbonyl (C=O) groups excluding carboxylic acids is 3. The van der Waals surface area contributed by atoms with Crippen LogP contribution in [0.4, 0.5) is 0 Å². The average Bonchev–Trinajstić information content (AvgIpc) is 2.59. The number of nitrogens with one attached hydrogen (secondary N) is 3. The Labute approximate surface area is 160 Å². The molecule has 0 aromatic carbocycles. The van der Waals surface area contributed by atoms with Crippen LogP contribution in [0.2, 0.25) is 0 Å². The molecule has 0 spiro atoms. The predicted octanol–water partition coefficient (Wildman–Crippen LogP) is -3.91. The Morgan fingerprint density at radius 2 is 1.38 bits per heavy atom. The van der Waals surface area contributed by atoms with Gasteiger partial charge in [-0.25, -0.2) is 4.79 Å². The number of aliphatic hydroxyl groups is 2. The molecular formula is C13H24N4O7S2. The highest BCUT2D eigenvalue weighted by atomic mass is 32.1. The fourth-order valence-electron chi connectivity index (χ4n) is 1.66. The molecular weight excluding hydrogens is 388 g/mol. The van der Waals surface area contributed by atoms with E-state index in [2.05, 4.69) is 41.2 Å². The maximum Gasteiger partial charge on any atom is 0.328 e. The molecule has 0 radical (unpaired) electrons. The summed E-state index contributed by atoms with van der Waals surface area (Å²) in [7, 11) is 0. The summed E-state index contributed by atoms with van der Waals surface area (Å²) in [5.74, 6) is -4.19. The van der Waals surface area contributed by atoms with Gasteiger partial charge in [-0.1, -0.05) is 0 Å². The zero-order chi connectivity index (χ0) is 20.4. The Hall–Kier alpha value is -1.54. The molecule has 3 amide bonds. The third kappa shape index (κ3) is 7.78. The minimum atomic E-state index is -1.57. The van der Waals surface area contributed by atoms with Crippen molar-refractivity contribution < 1.29 is 34.5 Å². The molecule has 26 heavy (non-hydrogen) atoms. The Bertz CT molecular complexity index is 521. The van der Waals surface area contributed by atoms with Gasteiger partial charge in [-0.3, -0.25) is 14.4 Å². The van der Waals surface area contributed by atoms with E-state index in [1.807, 2.05) is 0 Å². The van der Waals surface area contributed by atoms with Gasteiger partial charge in [-0.2, -0.15) is 25.3 Å². The number of rotatable bonds is 11. The topological polar surface area (TPSA) is 191 Å². The van der Waals surface area contributed by atoms with Gasteiger partial charge in [-0.05, 0) is 6.92 Å². The second kappa shape index (κ2) is 12.0. The van der Waals surface area contributed by atoms with Gasteiger partial charge < -0.3 is 37.0 Å². The lowest BCUT2D eigenvalue weighted by Crippen LogP contribution is -2.59. The largest absolute Gasteiger partial charge is 0.480 e. The Morgan fingerprint density at radius 3 is 1.73 bits per heavy atom. The van der Waals surface area contributed by atoms with Crippen LogP contribution in [0, 0.1) is 0 Å². The average molecular weight is 412 g/mol. The second-order valence-corrected chi connectivity index (χ2v) is 6.07. The number of hydrogen-bond donors (Lipinski definition) is 9. The lowest BCUT2D eigenvalue weighted by molar-refractivity contribution is -0.145. The van der Waals surface area contributed by atoms with Crippen molar-refractivity contribution in [3.8, 4) is 0 Å². The first-order valence-electron chi connectivity index (χ1n) is 7.49. The Morgan fingerprint density at radius 1 is 0.962 bits per heavy atom. The standard InChI is InChI=1S/C13H24N4O7S2/c1-5(19)9(13(23)24)17-12(22)8(4-26)16-11(21)7(3-25)15-10(20)6(14)2-18/h5-9,18-19,25-26H,2-4,14H2,1H3,(H,15,20)(H,16,21)(H,17,22)(H,23,24). The third-order valence-electron chi connectivity index (χ3n) is 3.21. The zero-order valence-electron chi connectivity index (χ0n) is 14.0. The molecule has 13 heteroatoms. The minimum absolute atomic E-state index is 0.123. The van der Waals surface area contributed by atoms with Crippen molar-refractivity contribution in [1.82, 2.24) is 16.0 Å². The van der Waals surface area contributed by atoms with Crippen molar-refractivity contribution in [2.45, 2.75) is 37.2 Å². The molecule has 0 saturated carbocycles. The summed E-state index contributed by atoms with van der Waals surface area (Å²) in [6.45, 7) is 0.564. The van der Waals surface area contributed by atoms with Gasteiger partial charge in [0.2, 0.25) is 17.7 Å². The number of aliphatic hydroxyl groups excluding tert-OH is 2. The van der Waals surface area contributed by atoms with Crippen molar-refractivity contribution in [3.05, 3.63) is 0 Å². The van der Waals surface area contributed by atoms with Crippen molar-refractivity contribution >= 4 is 48.9 Å². The van der Waals surface area contributed by atoms with Crippen LogP contribution in [0.25, 0.3) is 0 Å². The predicted molar refractivity (Wildman–Crippen MR) is 97.9 cm³/mol. The fourth-order valence-corrected chi connectivity index (χ4v) is 2.18. The summed E-state index contributed by atoms with van der Waals surface area (Å²) in [5.41, 5.74) is 5.33. The number of nitrogens with two attached hydrogens (primary N) is 1. The molecule has 0 saturated heterocycles. The molecule has 150 valence electrons. The van der Waals surface area contributed by atoms with Gasteiger partial charge in [0.05, 0.1) is 12.7 Å². The van der Waals surface area contributed by atoms with E-state index in [0.717, 1.165) is 0 Å². The highest BCUT2D eigenvalue weighted by Crippen LogP contribution is 1.98. The Balaban J connectivity index is 4.95. The van der Waals surface area contributed by atoms with Crippen LogP contribution in [0.3, 0.4) is 0 Å². The highest BCUT2D eigenvalue weighted by molar-refractivity contribution is 7.80. The van der Waals surface area contributed by atoms with E-state index in [4.69, 9.17) is 15.9 Å². The first-order chi connectivity index (χ1) is 12.1. The van der Waals surface area contributed by atoms with Crippen LogP contribution in [0.5, 0.6) is 0 Å². The molecule has 0 rings (SSSR count). The number of carboxylic acid groups (broad SMARTS) is 1. The molecule has 11 nitrogen and oxygen atoms in total. The molecule has 0 aliphatic rings. The first kappa shape index (κ1) is 24.5. The van der Waals surface area contributed by atoms with E-state index in [9.17, 15) is 24.3 Å². The van der Waals surface area contributed by atoms with E-state index < -0.39 is 60.6 Å². The molecule has 0 bridgehead atoms. The number of carbonyl (C=O) groups is 4. The summed E-state index contributed by atoms with van der Waals surface area (Å²) >= 11 is 7.86. The molecule has 8 N–H and O–H groups in total. The van der Waals surface area contributed by atoms with E-state index >= 15 is 0 Å².